The number of anilines is 1. The molecule has 1 unspecified atom stereocenters. The largest absolute Gasteiger partial charge is 0.469 e. The van der Waals surface area contributed by atoms with E-state index in [4.69, 9.17) is 32.9 Å². The molecule has 0 saturated carbocycles. The average Bonchev–Trinajstić information content (AvgIpc) is 3.34. The predicted molar refractivity (Wildman–Crippen MR) is 136 cm³/mol. The van der Waals surface area contributed by atoms with Gasteiger partial charge < -0.3 is 10.1 Å². The second-order valence-electron chi connectivity index (χ2n) is 8.80. The number of methoxy groups -OCH3 is 1. The Morgan fingerprint density at radius 1 is 1.20 bits per heavy atom. The predicted octanol–water partition coefficient (Wildman–Crippen LogP) is 5.41. The number of hydrogen-bond donors (Lipinski definition) is 1. The summed E-state index contributed by atoms with van der Waals surface area (Å²) in [4.78, 5) is 29.8. The van der Waals surface area contributed by atoms with Gasteiger partial charge in [0, 0.05) is 53.8 Å². The van der Waals surface area contributed by atoms with Crippen LogP contribution in [0.3, 0.4) is 0 Å². The van der Waals surface area contributed by atoms with Crippen molar-refractivity contribution in [2.24, 2.45) is 0 Å². The highest BCUT2D eigenvalue weighted by molar-refractivity contribution is 6.36. The fourth-order valence-electron chi connectivity index (χ4n) is 4.20. The van der Waals surface area contributed by atoms with Crippen LogP contribution in [0.2, 0.25) is 10.0 Å². The van der Waals surface area contributed by atoms with Crippen LogP contribution in [-0.2, 0) is 28.9 Å². The first kappa shape index (κ1) is 25.2. The lowest BCUT2D eigenvalue weighted by Crippen LogP contribution is -2.14. The number of pyridine rings is 1. The number of aromatic nitrogens is 3. The van der Waals surface area contributed by atoms with E-state index >= 15 is 0 Å². The monoisotopic (exact) mass is 514 g/mol. The Hall–Kier alpha value is -2.90. The highest BCUT2D eigenvalue weighted by Gasteiger charge is 2.23. The van der Waals surface area contributed by atoms with Crippen LogP contribution in [0, 0.1) is 6.92 Å². The third-order valence-electron chi connectivity index (χ3n) is 6.35. The van der Waals surface area contributed by atoms with E-state index in [1.807, 2.05) is 6.92 Å². The van der Waals surface area contributed by atoms with Crippen LogP contribution in [0.5, 0.6) is 0 Å². The maximum atomic E-state index is 13.1. The molecular formula is C26H28Cl2N4O3. The van der Waals surface area contributed by atoms with E-state index in [1.165, 1.54) is 12.7 Å². The van der Waals surface area contributed by atoms with Gasteiger partial charge >= 0.3 is 5.97 Å². The molecule has 0 bridgehead atoms. The summed E-state index contributed by atoms with van der Waals surface area (Å²) in [5, 5.41) is 8.70. The molecule has 0 saturated heterocycles. The van der Waals surface area contributed by atoms with E-state index in [-0.39, 0.29) is 18.6 Å². The Morgan fingerprint density at radius 3 is 2.71 bits per heavy atom. The summed E-state index contributed by atoms with van der Waals surface area (Å²) in [5.41, 5.74) is 4.20. The first-order valence-electron chi connectivity index (χ1n) is 11.6. The number of ketones is 1. The fraction of sp³-hybridized carbons (Fsp3) is 0.385. The molecule has 2 aromatic heterocycles. The van der Waals surface area contributed by atoms with Gasteiger partial charge in [-0.1, -0.05) is 29.3 Å². The molecule has 1 aromatic carbocycles. The van der Waals surface area contributed by atoms with Gasteiger partial charge in [-0.25, -0.2) is 4.98 Å². The van der Waals surface area contributed by atoms with Gasteiger partial charge in [-0.2, -0.15) is 5.10 Å². The molecule has 35 heavy (non-hydrogen) atoms. The SMILES string of the molecule is COC(=O)CC(CC(=O)c1cnn(CCc2ccc3c(n2)NCCC3)c1)c1cc(Cl)c(C)c(Cl)c1. The number of ether oxygens (including phenoxy) is 1. The number of nitrogens with zero attached hydrogens (tertiary/aromatic N) is 3. The van der Waals surface area contributed by atoms with E-state index in [1.54, 1.807) is 29.2 Å². The van der Waals surface area contributed by atoms with Crippen molar-refractivity contribution in [2.45, 2.75) is 51.5 Å². The second-order valence-corrected chi connectivity index (χ2v) is 9.61. The molecule has 1 N–H and O–H groups in total. The van der Waals surface area contributed by atoms with Gasteiger partial charge in [-0.15, -0.1) is 0 Å². The van der Waals surface area contributed by atoms with Crippen molar-refractivity contribution in [2.75, 3.05) is 19.0 Å². The molecule has 3 aromatic rings. The molecular weight excluding hydrogens is 487 g/mol. The molecule has 9 heteroatoms. The van der Waals surface area contributed by atoms with Crippen LogP contribution in [-0.4, -0.2) is 40.2 Å². The number of carbonyl (C=O) groups is 2. The number of carbonyl (C=O) groups excluding carboxylic acids is 2. The van der Waals surface area contributed by atoms with Crippen molar-refractivity contribution in [3.05, 3.63) is 74.7 Å². The summed E-state index contributed by atoms with van der Waals surface area (Å²) < 4.78 is 6.59. The summed E-state index contributed by atoms with van der Waals surface area (Å²) in [5.74, 6) is 0.0339. The van der Waals surface area contributed by atoms with Gasteiger partial charge in [0.15, 0.2) is 5.78 Å². The summed E-state index contributed by atoms with van der Waals surface area (Å²) in [6, 6.07) is 7.70. The lowest BCUT2D eigenvalue weighted by Gasteiger charge is -2.17. The van der Waals surface area contributed by atoms with Crippen molar-refractivity contribution in [3.63, 3.8) is 0 Å². The van der Waals surface area contributed by atoms with Crippen LogP contribution >= 0.6 is 23.2 Å². The zero-order valence-corrected chi connectivity index (χ0v) is 21.3. The lowest BCUT2D eigenvalue weighted by molar-refractivity contribution is -0.141. The molecule has 0 fully saturated rings. The van der Waals surface area contributed by atoms with Gasteiger partial charge in [0.05, 0.1) is 25.3 Å². The van der Waals surface area contributed by atoms with E-state index < -0.39 is 11.9 Å². The highest BCUT2D eigenvalue weighted by atomic mass is 35.5. The minimum absolute atomic E-state index is 0.0458. The Morgan fingerprint density at radius 2 is 1.97 bits per heavy atom. The van der Waals surface area contributed by atoms with Gasteiger partial charge in [0.25, 0.3) is 0 Å². The number of Topliss-reactive ketones (excluding diaryl/α,β-unsaturated/α-hetero) is 1. The zero-order chi connectivity index (χ0) is 24.9. The third-order valence-corrected chi connectivity index (χ3v) is 7.14. The molecule has 0 amide bonds. The van der Waals surface area contributed by atoms with Gasteiger partial charge in [-0.3, -0.25) is 14.3 Å². The van der Waals surface area contributed by atoms with Gasteiger partial charge in [0.1, 0.15) is 5.82 Å². The summed E-state index contributed by atoms with van der Waals surface area (Å²) in [6.45, 7) is 3.37. The molecule has 7 nitrogen and oxygen atoms in total. The molecule has 184 valence electrons. The average molecular weight is 515 g/mol. The Labute approximate surface area is 214 Å². The zero-order valence-electron chi connectivity index (χ0n) is 19.8. The van der Waals surface area contributed by atoms with Crippen LogP contribution in [0.25, 0.3) is 0 Å². The number of hydrogen-bond acceptors (Lipinski definition) is 6. The summed E-state index contributed by atoms with van der Waals surface area (Å²) in [7, 11) is 1.33. The maximum absolute atomic E-state index is 13.1. The third kappa shape index (κ3) is 6.21. The quantitative estimate of drug-likeness (QED) is 0.303. The van der Waals surface area contributed by atoms with Gasteiger partial charge in [0.2, 0.25) is 0 Å². The normalized spacial score (nSPS) is 13.6. The standard InChI is InChI=1S/C26H28Cl2N4O3/c1-16-22(27)10-18(11-23(16)28)19(13-25(34)35-2)12-24(33)20-14-30-32(15-20)9-7-21-6-5-17-4-3-8-29-26(17)31-21/h5-6,10-11,14-15,19H,3-4,7-9,12-13H2,1-2H3,(H,29,31). The minimum atomic E-state index is -0.416. The first-order chi connectivity index (χ1) is 16.8. The lowest BCUT2D eigenvalue weighted by atomic mass is 9.89. The molecule has 1 aliphatic heterocycles. The smallest absolute Gasteiger partial charge is 0.306 e. The topological polar surface area (TPSA) is 86.1 Å². The number of halogens is 2. The number of benzene rings is 1. The molecule has 0 radical (unpaired) electrons. The Balaban J connectivity index is 1.43. The number of fused-ring (bicyclic) bond motifs is 1. The molecule has 4 rings (SSSR count). The van der Waals surface area contributed by atoms with Crippen molar-refractivity contribution >= 4 is 40.8 Å². The Kier molecular flexibility index (Phi) is 8.08. The van der Waals surface area contributed by atoms with Crippen molar-refractivity contribution in [1.82, 2.24) is 14.8 Å². The van der Waals surface area contributed by atoms with Crippen LogP contribution in [0.15, 0.2) is 36.7 Å². The van der Waals surface area contributed by atoms with Crippen LogP contribution in [0.1, 0.15) is 57.9 Å². The number of nitrogens with one attached hydrogen (secondary N) is 1. The van der Waals surface area contributed by atoms with Crippen molar-refractivity contribution in [1.29, 1.82) is 0 Å². The molecule has 1 atom stereocenters. The second kappa shape index (κ2) is 11.2. The minimum Gasteiger partial charge on any atom is -0.469 e. The van der Waals surface area contributed by atoms with E-state index in [0.717, 1.165) is 42.0 Å². The maximum Gasteiger partial charge on any atom is 0.306 e. The fourth-order valence-corrected chi connectivity index (χ4v) is 4.71. The molecule has 1 aliphatic rings. The molecule has 3 heterocycles. The van der Waals surface area contributed by atoms with Crippen molar-refractivity contribution < 1.29 is 14.3 Å². The first-order valence-corrected chi connectivity index (χ1v) is 12.4. The number of esters is 1. The number of aryl methyl sites for hydroxylation is 3. The molecule has 0 aliphatic carbocycles. The highest BCUT2D eigenvalue weighted by Crippen LogP contribution is 2.33. The summed E-state index contributed by atoms with van der Waals surface area (Å²) in [6.07, 6.45) is 6.34. The summed E-state index contributed by atoms with van der Waals surface area (Å²) >= 11 is 12.6. The van der Waals surface area contributed by atoms with Crippen LogP contribution in [0.4, 0.5) is 5.82 Å². The van der Waals surface area contributed by atoms with Crippen LogP contribution < -0.4 is 5.32 Å². The van der Waals surface area contributed by atoms with E-state index in [2.05, 4.69) is 22.5 Å². The molecule has 0 spiro atoms. The Bertz CT molecular complexity index is 1220. The van der Waals surface area contributed by atoms with Crippen molar-refractivity contribution in [3.8, 4) is 0 Å². The van der Waals surface area contributed by atoms with E-state index in [9.17, 15) is 9.59 Å². The number of rotatable bonds is 9. The van der Waals surface area contributed by atoms with Gasteiger partial charge in [-0.05, 0) is 54.7 Å². The van der Waals surface area contributed by atoms with E-state index in [0.29, 0.717) is 28.6 Å².